The van der Waals surface area contributed by atoms with Gasteiger partial charge < -0.3 is 20.3 Å². The van der Waals surface area contributed by atoms with Crippen LogP contribution in [-0.2, 0) is 5.60 Å². The molecule has 24 heavy (non-hydrogen) atoms. The molecule has 0 radical (unpaired) electrons. The number of aromatic nitrogens is 1. The second-order valence-electron chi connectivity index (χ2n) is 5.44. The number of methoxy groups -OCH3 is 1. The van der Waals surface area contributed by atoms with Crippen LogP contribution in [0.4, 0.5) is 5.69 Å². The van der Waals surface area contributed by atoms with Gasteiger partial charge in [0.25, 0.3) is 0 Å². The third-order valence-corrected chi connectivity index (χ3v) is 4.10. The minimum absolute atomic E-state index is 0.0503. The van der Waals surface area contributed by atoms with Crippen molar-refractivity contribution in [2.75, 3.05) is 13.7 Å². The number of nitrogens with zero attached hydrogens (tertiary/aromatic N) is 2. The number of amidine groups is 1. The van der Waals surface area contributed by atoms with E-state index in [1.165, 1.54) is 13.3 Å². The minimum atomic E-state index is -1.65. The van der Waals surface area contributed by atoms with Gasteiger partial charge in [-0.05, 0) is 24.6 Å². The number of pyridine rings is 1. The minimum Gasteiger partial charge on any atom is -0.492 e. The quantitative estimate of drug-likeness (QED) is 0.868. The maximum Gasteiger partial charge on any atom is 0.213 e. The lowest BCUT2D eigenvalue weighted by atomic mass is 9.86. The Morgan fingerprint density at radius 3 is 2.79 bits per heavy atom. The number of benzene rings is 1. The summed E-state index contributed by atoms with van der Waals surface area (Å²) in [6.45, 7) is 2.47. The van der Waals surface area contributed by atoms with Gasteiger partial charge >= 0.3 is 0 Å². The Kier molecular flexibility index (Phi) is 4.34. The van der Waals surface area contributed by atoms with Gasteiger partial charge in [-0.3, -0.25) is 0 Å². The van der Waals surface area contributed by atoms with E-state index in [1.54, 1.807) is 24.3 Å². The van der Waals surface area contributed by atoms with Crippen LogP contribution in [0.5, 0.6) is 11.6 Å². The summed E-state index contributed by atoms with van der Waals surface area (Å²) in [5.41, 5.74) is 5.91. The summed E-state index contributed by atoms with van der Waals surface area (Å²) in [5.74, 6) is 0.811. The fraction of sp³-hybridized carbons (Fsp3) is 0.294. The molecule has 2 heterocycles. The zero-order chi connectivity index (χ0) is 17.3. The van der Waals surface area contributed by atoms with Crippen LogP contribution >= 0.6 is 11.6 Å². The lowest BCUT2D eigenvalue weighted by molar-refractivity contribution is 0.151. The lowest BCUT2D eigenvalue weighted by Crippen LogP contribution is -2.40. The van der Waals surface area contributed by atoms with Crippen molar-refractivity contribution >= 4 is 23.1 Å². The summed E-state index contributed by atoms with van der Waals surface area (Å²) < 4.78 is 10.9. The van der Waals surface area contributed by atoms with Crippen molar-refractivity contribution in [3.63, 3.8) is 0 Å². The molecule has 3 N–H and O–H groups in total. The number of ether oxygens (including phenoxy) is 2. The fourth-order valence-electron chi connectivity index (χ4n) is 2.67. The first-order chi connectivity index (χ1) is 11.5. The van der Waals surface area contributed by atoms with Gasteiger partial charge in [0.2, 0.25) is 5.88 Å². The normalized spacial score (nSPS) is 18.9. The molecule has 0 bridgehead atoms. The summed E-state index contributed by atoms with van der Waals surface area (Å²) in [6, 6.07) is 6.66. The van der Waals surface area contributed by atoms with E-state index in [0.717, 1.165) is 6.42 Å². The molecule has 1 unspecified atom stereocenters. The second-order valence-corrected chi connectivity index (χ2v) is 5.88. The summed E-state index contributed by atoms with van der Waals surface area (Å²) >= 11 is 6.10. The van der Waals surface area contributed by atoms with Gasteiger partial charge in [-0.2, -0.15) is 0 Å². The summed E-state index contributed by atoms with van der Waals surface area (Å²) in [5, 5.41) is 11.9. The fourth-order valence-corrected chi connectivity index (χ4v) is 2.84. The number of aliphatic hydroxyl groups is 1. The van der Waals surface area contributed by atoms with E-state index in [1.807, 2.05) is 6.92 Å². The summed E-state index contributed by atoms with van der Waals surface area (Å²) in [6.07, 6.45) is 2.33. The largest absolute Gasteiger partial charge is 0.492 e. The third kappa shape index (κ3) is 2.57. The molecule has 0 saturated heterocycles. The van der Waals surface area contributed by atoms with Crippen LogP contribution < -0.4 is 15.2 Å². The number of fused-ring (bicyclic) bond motifs is 1. The Labute approximate surface area is 144 Å². The van der Waals surface area contributed by atoms with Gasteiger partial charge in [0.05, 0.1) is 25.6 Å². The lowest BCUT2D eigenvalue weighted by Gasteiger charge is -2.27. The molecular formula is C17H18ClN3O3. The van der Waals surface area contributed by atoms with Crippen LogP contribution in [0.1, 0.15) is 24.5 Å². The molecule has 0 fully saturated rings. The van der Waals surface area contributed by atoms with E-state index < -0.39 is 5.60 Å². The molecule has 3 rings (SSSR count). The number of rotatable bonds is 5. The van der Waals surface area contributed by atoms with Crippen LogP contribution in [0.2, 0.25) is 5.02 Å². The predicted molar refractivity (Wildman–Crippen MR) is 92.3 cm³/mol. The Morgan fingerprint density at radius 1 is 1.29 bits per heavy atom. The number of halogens is 1. The highest BCUT2D eigenvalue weighted by Gasteiger charge is 2.45. The Hall–Kier alpha value is -2.31. The molecule has 1 aromatic carbocycles. The zero-order valence-corrected chi connectivity index (χ0v) is 14.2. The van der Waals surface area contributed by atoms with E-state index in [9.17, 15) is 5.11 Å². The number of aliphatic imine (C=N–C) groups is 1. The van der Waals surface area contributed by atoms with E-state index in [4.69, 9.17) is 26.8 Å². The van der Waals surface area contributed by atoms with Crippen LogP contribution in [0.15, 0.2) is 35.5 Å². The maximum absolute atomic E-state index is 11.4. The molecule has 1 aliphatic rings. The molecule has 2 aromatic rings. The Morgan fingerprint density at radius 2 is 2.08 bits per heavy atom. The molecule has 126 valence electrons. The number of hydrogen-bond donors (Lipinski definition) is 2. The molecule has 0 spiro atoms. The molecule has 6 nitrogen and oxygen atoms in total. The standard InChI is InChI=1S/C17H18ClN3O3/c1-3-6-24-14-9-20-15(23-2)8-12(14)17(22)11-7-10(18)4-5-13(11)21-16(17)19/h4-5,7-9,22H,3,6H2,1-2H3,(H2,19,21). The first-order valence-electron chi connectivity index (χ1n) is 7.55. The van der Waals surface area contributed by atoms with E-state index in [-0.39, 0.29) is 5.84 Å². The van der Waals surface area contributed by atoms with Gasteiger partial charge in [-0.25, -0.2) is 9.98 Å². The predicted octanol–water partition coefficient (Wildman–Crippen LogP) is 2.77. The van der Waals surface area contributed by atoms with Crippen molar-refractivity contribution in [2.45, 2.75) is 18.9 Å². The van der Waals surface area contributed by atoms with Crippen molar-refractivity contribution in [1.29, 1.82) is 0 Å². The van der Waals surface area contributed by atoms with Crippen molar-refractivity contribution in [2.24, 2.45) is 10.7 Å². The van der Waals surface area contributed by atoms with Gasteiger partial charge in [0, 0.05) is 22.2 Å². The van der Waals surface area contributed by atoms with Crippen molar-refractivity contribution < 1.29 is 14.6 Å². The monoisotopic (exact) mass is 347 g/mol. The first kappa shape index (κ1) is 16.5. The van der Waals surface area contributed by atoms with E-state index in [0.29, 0.717) is 40.1 Å². The van der Waals surface area contributed by atoms with E-state index in [2.05, 4.69) is 9.98 Å². The molecule has 0 amide bonds. The zero-order valence-electron chi connectivity index (χ0n) is 13.4. The van der Waals surface area contributed by atoms with Gasteiger partial charge in [0.15, 0.2) is 5.60 Å². The van der Waals surface area contributed by atoms with Crippen LogP contribution in [-0.4, -0.2) is 29.6 Å². The summed E-state index contributed by atoms with van der Waals surface area (Å²) in [4.78, 5) is 8.42. The number of hydrogen-bond acceptors (Lipinski definition) is 6. The summed E-state index contributed by atoms with van der Waals surface area (Å²) in [7, 11) is 1.50. The van der Waals surface area contributed by atoms with E-state index >= 15 is 0 Å². The highest BCUT2D eigenvalue weighted by atomic mass is 35.5. The van der Waals surface area contributed by atoms with Crippen molar-refractivity contribution in [3.8, 4) is 11.6 Å². The molecular weight excluding hydrogens is 330 g/mol. The topological polar surface area (TPSA) is 90.0 Å². The van der Waals surface area contributed by atoms with Crippen molar-refractivity contribution in [1.82, 2.24) is 4.98 Å². The third-order valence-electron chi connectivity index (χ3n) is 3.86. The van der Waals surface area contributed by atoms with Gasteiger partial charge in [-0.1, -0.05) is 18.5 Å². The molecule has 1 atom stereocenters. The molecule has 1 aromatic heterocycles. The highest BCUT2D eigenvalue weighted by Crippen LogP contribution is 2.46. The molecule has 0 aliphatic carbocycles. The Bertz CT molecular complexity index is 810. The van der Waals surface area contributed by atoms with Crippen LogP contribution in [0.25, 0.3) is 0 Å². The van der Waals surface area contributed by atoms with Gasteiger partial charge in [-0.15, -0.1) is 0 Å². The maximum atomic E-state index is 11.4. The average molecular weight is 348 g/mol. The SMILES string of the molecule is CCCOc1cnc(OC)cc1C1(O)C(N)=Nc2ccc(Cl)cc21. The van der Waals surface area contributed by atoms with Crippen LogP contribution in [0.3, 0.4) is 0 Å². The average Bonchev–Trinajstić information content (AvgIpc) is 2.84. The highest BCUT2D eigenvalue weighted by molar-refractivity contribution is 6.30. The van der Waals surface area contributed by atoms with Crippen molar-refractivity contribution in [3.05, 3.63) is 46.6 Å². The molecule has 1 aliphatic heterocycles. The number of nitrogens with two attached hydrogens (primary N) is 1. The second kappa shape index (κ2) is 6.30. The Balaban J connectivity index is 2.20. The molecule has 0 saturated carbocycles. The van der Waals surface area contributed by atoms with Gasteiger partial charge in [0.1, 0.15) is 11.6 Å². The first-order valence-corrected chi connectivity index (χ1v) is 7.92. The molecule has 7 heteroatoms. The smallest absolute Gasteiger partial charge is 0.213 e. The van der Waals surface area contributed by atoms with Crippen LogP contribution in [0, 0.1) is 0 Å².